The molecule has 0 spiro atoms. The molecule has 0 radical (unpaired) electrons. The summed E-state index contributed by atoms with van der Waals surface area (Å²) in [5, 5.41) is 7.83. The van der Waals surface area contributed by atoms with Crippen molar-refractivity contribution in [3.63, 3.8) is 0 Å². The predicted octanol–water partition coefficient (Wildman–Crippen LogP) is 12.2. The van der Waals surface area contributed by atoms with E-state index in [2.05, 4.69) is 127 Å². The maximum absolute atomic E-state index is 6.70. The molecule has 244 valence electrons. The van der Waals surface area contributed by atoms with Gasteiger partial charge in [-0.1, -0.05) is 127 Å². The molecular formula is C47H29N3O2. The van der Waals surface area contributed by atoms with E-state index >= 15 is 0 Å². The Bertz CT molecular complexity index is 3090. The Labute approximate surface area is 298 Å². The minimum atomic E-state index is 0.585. The highest BCUT2D eigenvalue weighted by atomic mass is 16.3. The van der Waals surface area contributed by atoms with Crippen molar-refractivity contribution in [3.8, 4) is 33.9 Å². The van der Waals surface area contributed by atoms with Crippen LogP contribution in [0, 0.1) is 0 Å². The summed E-state index contributed by atoms with van der Waals surface area (Å²) >= 11 is 0. The quantitative estimate of drug-likeness (QED) is 0.187. The second-order valence-electron chi connectivity index (χ2n) is 13.5. The van der Waals surface area contributed by atoms with Crippen molar-refractivity contribution in [3.05, 3.63) is 169 Å². The zero-order valence-electron chi connectivity index (χ0n) is 28.0. The molecule has 0 amide bonds. The highest BCUT2D eigenvalue weighted by Crippen LogP contribution is 2.42. The average Bonchev–Trinajstić information content (AvgIpc) is 3.79. The highest BCUT2D eigenvalue weighted by Gasteiger charge is 2.26. The molecule has 0 fully saturated rings. The second-order valence-corrected chi connectivity index (χ2v) is 13.5. The van der Waals surface area contributed by atoms with E-state index in [-0.39, 0.29) is 0 Å². The number of furan rings is 2. The second kappa shape index (κ2) is 11.3. The number of nitrogens with zero attached hydrogens (tertiary/aromatic N) is 3. The van der Waals surface area contributed by atoms with Gasteiger partial charge in [0, 0.05) is 38.4 Å². The first-order valence-corrected chi connectivity index (χ1v) is 17.7. The van der Waals surface area contributed by atoms with Gasteiger partial charge in [0.1, 0.15) is 22.5 Å². The Morgan fingerprint density at radius 1 is 0.462 bits per heavy atom. The van der Waals surface area contributed by atoms with Crippen molar-refractivity contribution in [2.75, 3.05) is 0 Å². The topological polar surface area (TPSA) is 65.0 Å². The van der Waals surface area contributed by atoms with E-state index in [1.54, 1.807) is 0 Å². The Hall–Kier alpha value is -6.85. The molecule has 0 unspecified atom stereocenters. The van der Waals surface area contributed by atoms with Crippen molar-refractivity contribution >= 4 is 60.0 Å². The van der Waals surface area contributed by atoms with Crippen molar-refractivity contribution < 1.29 is 8.83 Å². The fraction of sp³-hybridized carbons (Fsp3) is 0.0426. The van der Waals surface area contributed by atoms with E-state index in [1.165, 1.54) is 21.7 Å². The molecular weight excluding hydrogens is 639 g/mol. The van der Waals surface area contributed by atoms with Crippen LogP contribution in [0.5, 0.6) is 0 Å². The lowest BCUT2D eigenvalue weighted by molar-refractivity contribution is 0.590. The molecule has 1 aliphatic rings. The van der Waals surface area contributed by atoms with Crippen molar-refractivity contribution in [1.29, 1.82) is 0 Å². The molecule has 5 nitrogen and oxygen atoms in total. The van der Waals surface area contributed by atoms with Gasteiger partial charge in [0.2, 0.25) is 0 Å². The fourth-order valence-electron chi connectivity index (χ4n) is 7.90. The van der Waals surface area contributed by atoms with Gasteiger partial charge in [0.05, 0.1) is 5.57 Å². The molecule has 52 heavy (non-hydrogen) atoms. The van der Waals surface area contributed by atoms with E-state index in [1.807, 2.05) is 24.3 Å². The molecule has 10 aromatic rings. The molecule has 0 N–H and O–H groups in total. The van der Waals surface area contributed by atoms with Gasteiger partial charge in [-0.15, -0.1) is 0 Å². The number of hydrogen-bond donors (Lipinski definition) is 0. The van der Waals surface area contributed by atoms with Crippen molar-refractivity contribution in [1.82, 2.24) is 15.0 Å². The summed E-state index contributed by atoms with van der Waals surface area (Å²) in [5.74, 6) is 2.62. The molecule has 3 heterocycles. The molecule has 3 aromatic heterocycles. The maximum atomic E-state index is 6.70. The van der Waals surface area contributed by atoms with Gasteiger partial charge in [-0.25, -0.2) is 15.0 Å². The lowest BCUT2D eigenvalue weighted by Gasteiger charge is -2.14. The summed E-state index contributed by atoms with van der Waals surface area (Å²) in [6.45, 7) is 0. The van der Waals surface area contributed by atoms with E-state index < -0.39 is 0 Å². The summed E-state index contributed by atoms with van der Waals surface area (Å²) in [6, 6.07) is 50.5. The average molecular weight is 668 g/mol. The largest absolute Gasteiger partial charge is 0.456 e. The lowest BCUT2D eigenvalue weighted by Crippen LogP contribution is -2.06. The maximum Gasteiger partial charge on any atom is 0.167 e. The van der Waals surface area contributed by atoms with Crippen LogP contribution in [0.1, 0.15) is 23.6 Å². The van der Waals surface area contributed by atoms with Gasteiger partial charge in [-0.3, -0.25) is 0 Å². The third-order valence-corrected chi connectivity index (χ3v) is 10.4. The molecule has 0 aliphatic heterocycles. The Morgan fingerprint density at radius 2 is 1.10 bits per heavy atom. The Balaban J connectivity index is 1.14. The number of aryl methyl sites for hydroxylation is 1. The van der Waals surface area contributed by atoms with Crippen LogP contribution >= 0.6 is 0 Å². The highest BCUT2D eigenvalue weighted by molar-refractivity contribution is 6.15. The van der Waals surface area contributed by atoms with E-state index in [0.717, 1.165) is 84.7 Å². The lowest BCUT2D eigenvalue weighted by atomic mass is 9.95. The number of fused-ring (bicyclic) bond motifs is 8. The summed E-state index contributed by atoms with van der Waals surface area (Å²) < 4.78 is 13.2. The number of aromatic nitrogens is 3. The standard InChI is InChI=1S/C47H29N3O2/c1-3-12-30-26-32(24-22-28(30)10-1)34-15-7-17-37-42-38(18-9-21-41(42)52-43(34)37)46-48-45(33-25-23-29-11-2-4-13-31(29)27-33)49-47(50-46)39-19-8-16-36-35-14-5-6-20-40(35)51-44(36)39/h1-7,9-15,17-27H,8,16H2. The van der Waals surface area contributed by atoms with Gasteiger partial charge in [0.15, 0.2) is 17.5 Å². The number of benzene rings is 7. The van der Waals surface area contributed by atoms with Crippen LogP contribution in [0.15, 0.2) is 161 Å². The molecule has 0 saturated carbocycles. The van der Waals surface area contributed by atoms with E-state index in [9.17, 15) is 0 Å². The number of rotatable bonds is 4. The molecule has 0 bridgehead atoms. The van der Waals surface area contributed by atoms with Crippen LogP contribution in [-0.2, 0) is 6.42 Å². The minimum absolute atomic E-state index is 0.585. The Morgan fingerprint density at radius 3 is 1.94 bits per heavy atom. The summed E-state index contributed by atoms with van der Waals surface area (Å²) in [4.78, 5) is 15.6. The minimum Gasteiger partial charge on any atom is -0.456 e. The van der Waals surface area contributed by atoms with Crippen LogP contribution < -0.4 is 0 Å². The van der Waals surface area contributed by atoms with E-state index in [4.69, 9.17) is 23.8 Å². The smallest absolute Gasteiger partial charge is 0.167 e. The third kappa shape index (κ3) is 4.53. The molecule has 1 aliphatic carbocycles. The van der Waals surface area contributed by atoms with Gasteiger partial charge >= 0.3 is 0 Å². The van der Waals surface area contributed by atoms with Crippen molar-refractivity contribution in [2.24, 2.45) is 0 Å². The molecule has 0 saturated heterocycles. The van der Waals surface area contributed by atoms with Gasteiger partial charge in [-0.05, 0) is 64.2 Å². The normalized spacial score (nSPS) is 13.0. The zero-order chi connectivity index (χ0) is 34.2. The number of hydrogen-bond acceptors (Lipinski definition) is 5. The monoisotopic (exact) mass is 667 g/mol. The van der Waals surface area contributed by atoms with Gasteiger partial charge in [-0.2, -0.15) is 0 Å². The third-order valence-electron chi connectivity index (χ3n) is 10.4. The summed E-state index contributed by atoms with van der Waals surface area (Å²) in [7, 11) is 0. The first kappa shape index (κ1) is 28.9. The molecule has 5 heteroatoms. The zero-order valence-corrected chi connectivity index (χ0v) is 28.0. The van der Waals surface area contributed by atoms with Crippen molar-refractivity contribution in [2.45, 2.75) is 12.8 Å². The first-order valence-electron chi connectivity index (χ1n) is 17.7. The van der Waals surface area contributed by atoms with E-state index in [0.29, 0.717) is 17.5 Å². The molecule has 11 rings (SSSR count). The SMILES string of the molecule is C1=C(c2nc(-c3ccc4ccccc4c3)nc(-c3cccc4oc5c(-c6ccc7ccccc7c6)cccc5c34)n2)c2oc3ccccc3c2CC1. The van der Waals surface area contributed by atoms with Gasteiger partial charge in [0.25, 0.3) is 0 Å². The number of allylic oxidation sites excluding steroid dienone is 1. The fourth-order valence-corrected chi connectivity index (χ4v) is 7.90. The Kier molecular flexibility index (Phi) is 6.31. The molecule has 0 atom stereocenters. The van der Waals surface area contributed by atoms with Gasteiger partial charge < -0.3 is 8.83 Å². The van der Waals surface area contributed by atoms with Crippen LogP contribution in [0.4, 0.5) is 0 Å². The van der Waals surface area contributed by atoms with Crippen LogP contribution in [-0.4, -0.2) is 15.0 Å². The molecule has 7 aromatic carbocycles. The summed E-state index contributed by atoms with van der Waals surface area (Å²) in [5.41, 5.74) is 8.56. The van der Waals surface area contributed by atoms with Crippen LogP contribution in [0.25, 0.3) is 93.9 Å². The predicted molar refractivity (Wildman–Crippen MR) is 210 cm³/mol. The first-order chi connectivity index (χ1) is 25.7. The summed E-state index contributed by atoms with van der Waals surface area (Å²) in [6.07, 6.45) is 3.99. The number of para-hydroxylation sites is 2. The van der Waals surface area contributed by atoms with Crippen LogP contribution in [0.3, 0.4) is 0 Å². The van der Waals surface area contributed by atoms with Crippen LogP contribution in [0.2, 0.25) is 0 Å².